The number of hydrogen-bond donors (Lipinski definition) is 1. The molecular formula is C25H36O4. The SMILES string of the molecule is CC(C)OCC(=O)[C@H]1[C@H](C)C[C@H]2[C@@H]3CCC4=CC(=O)C=C[C@]4(C)[C@H]3[C@@H](O)C[C@@]21C. The van der Waals surface area contributed by atoms with Crippen LogP contribution in [-0.4, -0.2) is 35.5 Å². The fraction of sp³-hybridized carbons (Fsp3) is 0.760. The van der Waals surface area contributed by atoms with E-state index in [9.17, 15) is 14.7 Å². The lowest BCUT2D eigenvalue weighted by Crippen LogP contribution is -2.56. The van der Waals surface area contributed by atoms with E-state index in [0.29, 0.717) is 24.2 Å². The van der Waals surface area contributed by atoms with Crippen LogP contribution in [0.4, 0.5) is 0 Å². The minimum absolute atomic E-state index is 0.0462. The van der Waals surface area contributed by atoms with E-state index < -0.39 is 6.10 Å². The van der Waals surface area contributed by atoms with Crippen LogP contribution < -0.4 is 0 Å². The summed E-state index contributed by atoms with van der Waals surface area (Å²) in [5.74, 6) is 1.47. The number of hydrogen-bond acceptors (Lipinski definition) is 4. The van der Waals surface area contributed by atoms with E-state index in [-0.39, 0.29) is 46.9 Å². The van der Waals surface area contributed by atoms with Crippen LogP contribution in [0.15, 0.2) is 23.8 Å². The van der Waals surface area contributed by atoms with Gasteiger partial charge in [0.25, 0.3) is 0 Å². The van der Waals surface area contributed by atoms with Crippen molar-refractivity contribution in [2.24, 2.45) is 40.4 Å². The van der Waals surface area contributed by atoms with Crippen molar-refractivity contribution in [3.63, 3.8) is 0 Å². The van der Waals surface area contributed by atoms with E-state index in [1.807, 2.05) is 19.9 Å². The second-order valence-corrected chi connectivity index (χ2v) is 10.8. The van der Waals surface area contributed by atoms with Gasteiger partial charge in [-0.1, -0.05) is 32.4 Å². The molecule has 0 saturated heterocycles. The first-order chi connectivity index (χ1) is 13.6. The predicted molar refractivity (Wildman–Crippen MR) is 112 cm³/mol. The minimum Gasteiger partial charge on any atom is -0.393 e. The van der Waals surface area contributed by atoms with Gasteiger partial charge in [-0.3, -0.25) is 9.59 Å². The average Bonchev–Trinajstić information content (AvgIpc) is 2.89. The Morgan fingerprint density at radius 1 is 1.34 bits per heavy atom. The molecule has 29 heavy (non-hydrogen) atoms. The molecule has 8 atom stereocenters. The fourth-order valence-electron chi connectivity index (χ4n) is 7.72. The lowest BCUT2D eigenvalue weighted by molar-refractivity contribution is -0.144. The summed E-state index contributed by atoms with van der Waals surface area (Å²) in [7, 11) is 0. The van der Waals surface area contributed by atoms with E-state index in [1.54, 1.807) is 12.2 Å². The number of Topliss-reactive ketones (excluding diaryl/α,β-unsaturated/α-hetero) is 1. The monoisotopic (exact) mass is 400 g/mol. The molecule has 0 heterocycles. The van der Waals surface area contributed by atoms with Crippen LogP contribution in [-0.2, 0) is 14.3 Å². The lowest BCUT2D eigenvalue weighted by Gasteiger charge is -2.58. The van der Waals surface area contributed by atoms with Gasteiger partial charge in [0.05, 0.1) is 12.2 Å². The minimum atomic E-state index is -0.459. The van der Waals surface area contributed by atoms with Gasteiger partial charge in [0.2, 0.25) is 0 Å². The Balaban J connectivity index is 1.65. The van der Waals surface area contributed by atoms with Crippen LogP contribution in [0.1, 0.15) is 60.3 Å². The van der Waals surface area contributed by atoms with Crippen LogP contribution in [0, 0.1) is 40.4 Å². The van der Waals surface area contributed by atoms with Crippen LogP contribution >= 0.6 is 0 Å². The van der Waals surface area contributed by atoms with Gasteiger partial charge in [0.1, 0.15) is 6.61 Å². The van der Waals surface area contributed by atoms with Crippen molar-refractivity contribution in [2.75, 3.05) is 6.61 Å². The number of rotatable bonds is 4. The average molecular weight is 401 g/mol. The Kier molecular flexibility index (Phi) is 5.18. The Morgan fingerprint density at radius 2 is 2.07 bits per heavy atom. The van der Waals surface area contributed by atoms with Crippen molar-refractivity contribution in [3.8, 4) is 0 Å². The third-order valence-corrected chi connectivity index (χ3v) is 8.74. The van der Waals surface area contributed by atoms with E-state index in [4.69, 9.17) is 4.74 Å². The smallest absolute Gasteiger partial charge is 0.178 e. The maximum Gasteiger partial charge on any atom is 0.178 e. The van der Waals surface area contributed by atoms with Crippen molar-refractivity contribution in [1.29, 1.82) is 0 Å². The van der Waals surface area contributed by atoms with Gasteiger partial charge < -0.3 is 9.84 Å². The molecular weight excluding hydrogens is 364 g/mol. The highest BCUT2D eigenvalue weighted by atomic mass is 16.5. The zero-order valence-corrected chi connectivity index (χ0v) is 18.5. The molecule has 160 valence electrons. The summed E-state index contributed by atoms with van der Waals surface area (Å²) < 4.78 is 5.66. The molecule has 4 rings (SSSR count). The maximum atomic E-state index is 13.1. The van der Waals surface area contributed by atoms with E-state index in [0.717, 1.165) is 19.3 Å². The lowest BCUT2D eigenvalue weighted by atomic mass is 9.46. The summed E-state index contributed by atoms with van der Waals surface area (Å²) in [6.45, 7) is 10.7. The molecule has 0 aromatic rings. The normalized spacial score (nSPS) is 46.2. The molecule has 0 unspecified atom stereocenters. The summed E-state index contributed by atoms with van der Waals surface area (Å²) in [4.78, 5) is 25.1. The Morgan fingerprint density at radius 3 is 2.76 bits per heavy atom. The standard InChI is InChI=1S/C25H36O4/c1-14(2)29-13-21(28)22-15(3)10-19-18-7-6-16-11-17(26)8-9-24(16,4)23(18)20(27)12-25(19,22)5/h8-9,11,14-15,18-20,22-23,27H,6-7,10,12-13H2,1-5H3/t15-,18+,19+,20+,22-,23-,24+,25+/m1/s1. The summed E-state index contributed by atoms with van der Waals surface area (Å²) in [6, 6.07) is 0. The fourth-order valence-corrected chi connectivity index (χ4v) is 7.72. The first-order valence-electron chi connectivity index (χ1n) is 11.3. The number of allylic oxidation sites excluding steroid dienone is 4. The van der Waals surface area contributed by atoms with Gasteiger partial charge >= 0.3 is 0 Å². The predicted octanol–water partition coefficient (Wildman–Crippen LogP) is 4.12. The number of ether oxygens (including phenoxy) is 1. The number of fused-ring (bicyclic) bond motifs is 5. The Bertz CT molecular complexity index is 765. The molecule has 0 aromatic carbocycles. The highest BCUT2D eigenvalue weighted by Gasteiger charge is 2.64. The first kappa shape index (κ1) is 21.0. The third kappa shape index (κ3) is 3.18. The molecule has 0 aliphatic heterocycles. The van der Waals surface area contributed by atoms with Gasteiger partial charge in [-0.15, -0.1) is 0 Å². The summed E-state index contributed by atoms with van der Waals surface area (Å²) >= 11 is 0. The second-order valence-electron chi connectivity index (χ2n) is 10.8. The molecule has 0 amide bonds. The van der Waals surface area contributed by atoms with Crippen molar-refractivity contribution in [2.45, 2.75) is 72.5 Å². The zero-order valence-electron chi connectivity index (χ0n) is 18.5. The van der Waals surface area contributed by atoms with Gasteiger partial charge in [-0.2, -0.15) is 0 Å². The van der Waals surface area contributed by atoms with Gasteiger partial charge in [0.15, 0.2) is 11.6 Å². The molecule has 4 aliphatic carbocycles. The number of aliphatic hydroxyl groups excluding tert-OH is 1. The zero-order chi connectivity index (χ0) is 21.1. The number of ketones is 2. The van der Waals surface area contributed by atoms with Crippen LogP contribution in [0.5, 0.6) is 0 Å². The quantitative estimate of drug-likeness (QED) is 0.771. The first-order valence-corrected chi connectivity index (χ1v) is 11.3. The maximum absolute atomic E-state index is 13.1. The van der Waals surface area contributed by atoms with Crippen LogP contribution in [0.3, 0.4) is 0 Å². The molecule has 4 heteroatoms. The molecule has 0 spiro atoms. The number of carbonyl (C=O) groups excluding carboxylic acids is 2. The highest BCUT2D eigenvalue weighted by Crippen LogP contribution is 2.67. The Labute approximate surface area is 174 Å². The van der Waals surface area contributed by atoms with Crippen LogP contribution in [0.25, 0.3) is 0 Å². The van der Waals surface area contributed by atoms with Crippen LogP contribution in [0.2, 0.25) is 0 Å². The molecule has 0 bridgehead atoms. The molecule has 3 fully saturated rings. The van der Waals surface area contributed by atoms with Crippen molar-refractivity contribution >= 4 is 11.6 Å². The highest BCUT2D eigenvalue weighted by molar-refractivity contribution is 6.01. The van der Waals surface area contributed by atoms with Crippen molar-refractivity contribution in [1.82, 2.24) is 0 Å². The summed E-state index contributed by atoms with van der Waals surface area (Å²) in [5, 5.41) is 11.4. The molecule has 0 aromatic heterocycles. The molecule has 1 N–H and O–H groups in total. The van der Waals surface area contributed by atoms with Crippen molar-refractivity contribution in [3.05, 3.63) is 23.8 Å². The Hall–Kier alpha value is -1.26. The number of carbonyl (C=O) groups is 2. The molecule has 4 aliphatic rings. The third-order valence-electron chi connectivity index (χ3n) is 8.74. The topological polar surface area (TPSA) is 63.6 Å². The molecule has 3 saturated carbocycles. The molecule has 0 radical (unpaired) electrons. The second kappa shape index (κ2) is 7.16. The molecule has 4 nitrogen and oxygen atoms in total. The van der Waals surface area contributed by atoms with Crippen molar-refractivity contribution < 1.29 is 19.4 Å². The number of aliphatic hydroxyl groups is 1. The van der Waals surface area contributed by atoms with Gasteiger partial charge in [-0.05, 0) is 74.9 Å². The van der Waals surface area contributed by atoms with E-state index >= 15 is 0 Å². The summed E-state index contributed by atoms with van der Waals surface area (Å²) in [5.41, 5.74) is 0.755. The summed E-state index contributed by atoms with van der Waals surface area (Å²) in [6.07, 6.45) is 8.72. The largest absolute Gasteiger partial charge is 0.393 e. The van der Waals surface area contributed by atoms with Gasteiger partial charge in [0, 0.05) is 17.3 Å². The van der Waals surface area contributed by atoms with Gasteiger partial charge in [-0.25, -0.2) is 0 Å². The van der Waals surface area contributed by atoms with E-state index in [2.05, 4.69) is 20.8 Å². The van der Waals surface area contributed by atoms with E-state index in [1.165, 1.54) is 5.57 Å².